The number of nitrogens with one attached hydrogen (secondary N) is 3. The fourth-order valence-corrected chi connectivity index (χ4v) is 3.05. The van der Waals surface area contributed by atoms with E-state index < -0.39 is 0 Å². The van der Waals surface area contributed by atoms with Gasteiger partial charge in [0.1, 0.15) is 12.4 Å². The van der Waals surface area contributed by atoms with Gasteiger partial charge in [0, 0.05) is 25.8 Å². The number of hydrogen-bond acceptors (Lipinski definition) is 4. The first-order valence-corrected chi connectivity index (χ1v) is 9.81. The lowest BCUT2D eigenvalue weighted by molar-refractivity contribution is -0.114. The number of aryl methyl sites for hydroxylation is 2. The SMILES string of the molecule is CCNC(=NCC(=O)Nc1cccnc1)NCCCn1c(C)nc2ccccc21. The van der Waals surface area contributed by atoms with Gasteiger partial charge in [-0.3, -0.25) is 9.78 Å². The van der Waals surface area contributed by atoms with E-state index in [1.807, 2.05) is 32.0 Å². The Kier molecular flexibility index (Phi) is 7.16. The Hall–Kier alpha value is -3.42. The molecule has 0 aliphatic carbocycles. The Morgan fingerprint density at radius 2 is 2.03 bits per heavy atom. The molecule has 0 spiro atoms. The van der Waals surface area contributed by atoms with Crippen LogP contribution in [0.25, 0.3) is 11.0 Å². The second-order valence-electron chi connectivity index (χ2n) is 6.56. The largest absolute Gasteiger partial charge is 0.357 e. The molecular formula is C21H27N7O. The fraction of sp³-hybridized carbons (Fsp3) is 0.333. The van der Waals surface area contributed by atoms with Crippen LogP contribution in [0.5, 0.6) is 0 Å². The van der Waals surface area contributed by atoms with Crippen LogP contribution in [0.1, 0.15) is 19.2 Å². The first-order chi connectivity index (χ1) is 14.2. The molecule has 0 radical (unpaired) electrons. The van der Waals surface area contributed by atoms with Gasteiger partial charge in [0.25, 0.3) is 0 Å². The zero-order chi connectivity index (χ0) is 20.5. The van der Waals surface area contributed by atoms with Gasteiger partial charge in [0.2, 0.25) is 5.91 Å². The summed E-state index contributed by atoms with van der Waals surface area (Å²) < 4.78 is 2.22. The smallest absolute Gasteiger partial charge is 0.246 e. The number of carbonyl (C=O) groups excluding carboxylic acids is 1. The van der Waals surface area contributed by atoms with Crippen LogP contribution in [0.2, 0.25) is 0 Å². The van der Waals surface area contributed by atoms with Gasteiger partial charge in [-0.1, -0.05) is 12.1 Å². The standard InChI is InChI=1S/C21H27N7O/c1-3-23-21(25-15-20(29)27-17-8-6-11-22-14-17)24-12-7-13-28-16(2)26-18-9-4-5-10-19(18)28/h4-6,8-11,14H,3,7,12-13,15H2,1-2H3,(H,27,29)(H2,23,24,25). The first-order valence-electron chi connectivity index (χ1n) is 9.81. The number of pyridine rings is 1. The molecule has 0 saturated heterocycles. The summed E-state index contributed by atoms with van der Waals surface area (Å²) in [5.74, 6) is 1.45. The van der Waals surface area contributed by atoms with Crippen molar-refractivity contribution in [1.29, 1.82) is 0 Å². The van der Waals surface area contributed by atoms with Gasteiger partial charge in [-0.2, -0.15) is 0 Å². The van der Waals surface area contributed by atoms with Crippen LogP contribution in [0.4, 0.5) is 5.69 Å². The molecule has 0 aliphatic heterocycles. The molecule has 0 saturated carbocycles. The number of aromatic nitrogens is 3. The highest BCUT2D eigenvalue weighted by atomic mass is 16.1. The zero-order valence-corrected chi connectivity index (χ0v) is 16.9. The van der Waals surface area contributed by atoms with Crippen LogP contribution >= 0.6 is 0 Å². The van der Waals surface area contributed by atoms with Gasteiger partial charge in [0.05, 0.1) is 22.9 Å². The van der Waals surface area contributed by atoms with Crippen LogP contribution in [-0.2, 0) is 11.3 Å². The molecule has 152 valence electrons. The van der Waals surface area contributed by atoms with E-state index in [2.05, 4.69) is 41.5 Å². The zero-order valence-electron chi connectivity index (χ0n) is 16.9. The molecule has 3 rings (SSSR count). The van der Waals surface area contributed by atoms with Gasteiger partial charge >= 0.3 is 0 Å². The van der Waals surface area contributed by atoms with E-state index in [9.17, 15) is 4.79 Å². The maximum Gasteiger partial charge on any atom is 0.246 e. The number of imidazole rings is 1. The summed E-state index contributed by atoms with van der Waals surface area (Å²) in [6.45, 7) is 6.38. The van der Waals surface area contributed by atoms with E-state index in [0.29, 0.717) is 11.6 Å². The van der Waals surface area contributed by atoms with Crippen molar-refractivity contribution in [3.63, 3.8) is 0 Å². The van der Waals surface area contributed by atoms with Crippen molar-refractivity contribution < 1.29 is 4.79 Å². The maximum atomic E-state index is 12.1. The number of rotatable bonds is 8. The van der Waals surface area contributed by atoms with Gasteiger partial charge < -0.3 is 20.5 Å². The molecule has 0 bridgehead atoms. The third-order valence-electron chi connectivity index (χ3n) is 4.37. The summed E-state index contributed by atoms with van der Waals surface area (Å²) in [5, 5.41) is 9.22. The second kappa shape index (κ2) is 10.2. The summed E-state index contributed by atoms with van der Waals surface area (Å²) >= 11 is 0. The second-order valence-corrected chi connectivity index (χ2v) is 6.56. The van der Waals surface area contributed by atoms with E-state index >= 15 is 0 Å². The number of fused-ring (bicyclic) bond motifs is 1. The summed E-state index contributed by atoms with van der Waals surface area (Å²) in [7, 11) is 0. The minimum Gasteiger partial charge on any atom is -0.357 e. The fourth-order valence-electron chi connectivity index (χ4n) is 3.05. The summed E-state index contributed by atoms with van der Waals surface area (Å²) in [6.07, 6.45) is 4.18. The Balaban J connectivity index is 1.49. The Labute approximate surface area is 170 Å². The maximum absolute atomic E-state index is 12.1. The average Bonchev–Trinajstić information content (AvgIpc) is 3.05. The van der Waals surface area contributed by atoms with Gasteiger partial charge in [-0.05, 0) is 44.5 Å². The number of guanidine groups is 1. The van der Waals surface area contributed by atoms with Gasteiger partial charge in [-0.15, -0.1) is 0 Å². The lowest BCUT2D eigenvalue weighted by Gasteiger charge is -2.12. The normalized spacial score (nSPS) is 11.4. The molecule has 0 fully saturated rings. The topological polar surface area (TPSA) is 96.2 Å². The first kappa shape index (κ1) is 20.3. The highest BCUT2D eigenvalue weighted by molar-refractivity contribution is 5.93. The molecule has 3 aromatic rings. The molecule has 0 aliphatic rings. The molecule has 3 N–H and O–H groups in total. The Bertz CT molecular complexity index is 966. The predicted molar refractivity (Wildman–Crippen MR) is 116 cm³/mol. The Morgan fingerprint density at radius 1 is 1.17 bits per heavy atom. The lowest BCUT2D eigenvalue weighted by Crippen LogP contribution is -2.38. The number of amides is 1. The van der Waals surface area contributed by atoms with Crippen LogP contribution in [0, 0.1) is 6.92 Å². The lowest BCUT2D eigenvalue weighted by atomic mass is 10.3. The van der Waals surface area contributed by atoms with Crippen LogP contribution in [0.15, 0.2) is 53.8 Å². The molecule has 0 atom stereocenters. The highest BCUT2D eigenvalue weighted by Crippen LogP contribution is 2.15. The monoisotopic (exact) mass is 393 g/mol. The van der Waals surface area contributed by atoms with E-state index in [0.717, 1.165) is 42.9 Å². The third-order valence-corrected chi connectivity index (χ3v) is 4.37. The quantitative estimate of drug-likeness (QED) is 0.310. The highest BCUT2D eigenvalue weighted by Gasteiger charge is 2.07. The number of para-hydroxylation sites is 2. The van der Waals surface area contributed by atoms with Crippen LogP contribution in [-0.4, -0.2) is 46.0 Å². The van der Waals surface area contributed by atoms with Crippen molar-refractivity contribution in [2.24, 2.45) is 4.99 Å². The van der Waals surface area contributed by atoms with Gasteiger partial charge in [-0.25, -0.2) is 9.98 Å². The molecule has 29 heavy (non-hydrogen) atoms. The van der Waals surface area contributed by atoms with Crippen molar-refractivity contribution >= 4 is 28.6 Å². The van der Waals surface area contributed by atoms with Gasteiger partial charge in [0.15, 0.2) is 5.96 Å². The van der Waals surface area contributed by atoms with Crippen LogP contribution in [0.3, 0.4) is 0 Å². The number of anilines is 1. The number of carbonyl (C=O) groups is 1. The molecule has 2 aromatic heterocycles. The Morgan fingerprint density at radius 3 is 2.83 bits per heavy atom. The molecule has 1 amide bonds. The molecule has 2 heterocycles. The molecular weight excluding hydrogens is 366 g/mol. The van der Waals surface area contributed by atoms with Crippen molar-refractivity contribution in [2.45, 2.75) is 26.8 Å². The van der Waals surface area contributed by atoms with E-state index in [4.69, 9.17) is 0 Å². The van der Waals surface area contributed by atoms with E-state index in [1.165, 1.54) is 0 Å². The number of hydrogen-bond donors (Lipinski definition) is 3. The van der Waals surface area contributed by atoms with Crippen molar-refractivity contribution in [2.75, 3.05) is 25.0 Å². The summed E-state index contributed by atoms with van der Waals surface area (Å²) in [4.78, 5) is 25.0. The number of benzene rings is 1. The molecule has 0 unspecified atom stereocenters. The number of nitrogens with zero attached hydrogens (tertiary/aromatic N) is 4. The van der Waals surface area contributed by atoms with E-state index in [1.54, 1.807) is 24.5 Å². The van der Waals surface area contributed by atoms with E-state index in [-0.39, 0.29) is 12.5 Å². The van der Waals surface area contributed by atoms with Crippen molar-refractivity contribution in [3.8, 4) is 0 Å². The molecule has 8 heteroatoms. The van der Waals surface area contributed by atoms with Crippen molar-refractivity contribution in [1.82, 2.24) is 25.2 Å². The van der Waals surface area contributed by atoms with Crippen molar-refractivity contribution in [3.05, 3.63) is 54.6 Å². The summed E-state index contributed by atoms with van der Waals surface area (Å²) in [6, 6.07) is 11.7. The predicted octanol–water partition coefficient (Wildman–Crippen LogP) is 2.32. The minimum atomic E-state index is -0.185. The van der Waals surface area contributed by atoms with Crippen LogP contribution < -0.4 is 16.0 Å². The number of aliphatic imine (C=N–C) groups is 1. The molecule has 8 nitrogen and oxygen atoms in total. The minimum absolute atomic E-state index is 0.0372. The average molecular weight is 393 g/mol. The summed E-state index contributed by atoms with van der Waals surface area (Å²) in [5.41, 5.74) is 2.83. The molecule has 1 aromatic carbocycles. The third kappa shape index (κ3) is 5.78.